The van der Waals surface area contributed by atoms with E-state index in [0.29, 0.717) is 6.54 Å². The number of carbonyl (C=O) groups is 1. The normalized spacial score (nSPS) is 11.4. The molecule has 0 bridgehead atoms. The number of benzene rings is 1. The zero-order chi connectivity index (χ0) is 15.3. The van der Waals surface area contributed by atoms with Gasteiger partial charge in [0.1, 0.15) is 12.4 Å². The largest absolute Gasteiger partial charge is 0.354 e. The molecule has 0 fully saturated rings. The first-order valence-corrected chi connectivity index (χ1v) is 8.05. The van der Waals surface area contributed by atoms with E-state index in [2.05, 4.69) is 5.32 Å². The molecule has 0 aliphatic rings. The van der Waals surface area contributed by atoms with Crippen LogP contribution in [0.15, 0.2) is 24.3 Å². The number of halogens is 1. The molecule has 1 N–H and O–H groups in total. The van der Waals surface area contributed by atoms with Gasteiger partial charge < -0.3 is 5.32 Å². The predicted molar refractivity (Wildman–Crippen MR) is 76.4 cm³/mol. The van der Waals surface area contributed by atoms with Crippen LogP contribution < -0.4 is 9.62 Å². The highest BCUT2D eigenvalue weighted by Gasteiger charge is 2.23. The highest BCUT2D eigenvalue weighted by molar-refractivity contribution is 7.92. The highest BCUT2D eigenvalue weighted by atomic mass is 32.2. The second kappa shape index (κ2) is 6.69. The molecule has 1 amide bonds. The lowest BCUT2D eigenvalue weighted by Crippen LogP contribution is -2.41. The van der Waals surface area contributed by atoms with Gasteiger partial charge in [-0.05, 0) is 18.1 Å². The van der Waals surface area contributed by atoms with Gasteiger partial charge in [-0.2, -0.15) is 0 Å². The average molecular weight is 302 g/mol. The van der Waals surface area contributed by atoms with Gasteiger partial charge in [0.25, 0.3) is 0 Å². The molecule has 0 aliphatic heterocycles. The minimum Gasteiger partial charge on any atom is -0.354 e. The van der Waals surface area contributed by atoms with Crippen LogP contribution in [0.5, 0.6) is 0 Å². The molecule has 0 atom stereocenters. The van der Waals surface area contributed by atoms with Crippen LogP contribution in [0, 0.1) is 11.7 Å². The number of nitrogens with zero attached hydrogens (tertiary/aromatic N) is 1. The summed E-state index contributed by atoms with van der Waals surface area (Å²) in [5.41, 5.74) is -0.130. The standard InChI is InChI=1S/C13H19FN2O3S/c1-10(2)8-15-13(17)9-16(20(3,18)19)12-7-5-4-6-11(12)14/h4-7,10H,8-9H2,1-3H3,(H,15,17). The molecular formula is C13H19FN2O3S. The number of para-hydroxylation sites is 1. The summed E-state index contributed by atoms with van der Waals surface area (Å²) >= 11 is 0. The Kier molecular flexibility index (Phi) is 5.50. The van der Waals surface area contributed by atoms with Gasteiger partial charge in [0.2, 0.25) is 15.9 Å². The Morgan fingerprint density at radius 1 is 1.35 bits per heavy atom. The van der Waals surface area contributed by atoms with Crippen molar-refractivity contribution in [2.75, 3.05) is 23.7 Å². The van der Waals surface area contributed by atoms with Crippen molar-refractivity contribution in [2.24, 2.45) is 5.92 Å². The Morgan fingerprint density at radius 3 is 2.45 bits per heavy atom. The van der Waals surface area contributed by atoms with E-state index in [1.807, 2.05) is 13.8 Å². The molecule has 0 heterocycles. The van der Waals surface area contributed by atoms with Gasteiger partial charge in [-0.1, -0.05) is 26.0 Å². The van der Waals surface area contributed by atoms with Crippen molar-refractivity contribution in [2.45, 2.75) is 13.8 Å². The summed E-state index contributed by atoms with van der Waals surface area (Å²) in [6.07, 6.45) is 0.940. The van der Waals surface area contributed by atoms with Crippen LogP contribution in [0.4, 0.5) is 10.1 Å². The highest BCUT2D eigenvalue weighted by Crippen LogP contribution is 2.20. The minimum atomic E-state index is -3.74. The molecular weight excluding hydrogens is 283 g/mol. The van der Waals surface area contributed by atoms with Gasteiger partial charge in [0, 0.05) is 6.54 Å². The first-order valence-electron chi connectivity index (χ1n) is 6.20. The SMILES string of the molecule is CC(C)CNC(=O)CN(c1ccccc1F)S(C)(=O)=O. The molecule has 1 aromatic rings. The monoisotopic (exact) mass is 302 g/mol. The molecule has 0 saturated carbocycles. The van der Waals surface area contributed by atoms with E-state index in [-0.39, 0.29) is 11.6 Å². The third-order valence-corrected chi connectivity index (χ3v) is 3.64. The maximum atomic E-state index is 13.7. The smallest absolute Gasteiger partial charge is 0.240 e. The summed E-state index contributed by atoms with van der Waals surface area (Å²) in [7, 11) is -3.74. The molecule has 0 aromatic heterocycles. The molecule has 20 heavy (non-hydrogen) atoms. The summed E-state index contributed by atoms with van der Waals surface area (Å²) in [5.74, 6) is -0.902. The number of carbonyl (C=O) groups excluding carboxylic acids is 1. The fourth-order valence-corrected chi connectivity index (χ4v) is 2.40. The molecule has 0 radical (unpaired) electrons. The van der Waals surface area contributed by atoms with E-state index in [1.54, 1.807) is 0 Å². The van der Waals surface area contributed by atoms with Crippen LogP contribution in [0.25, 0.3) is 0 Å². The van der Waals surface area contributed by atoms with Crippen LogP contribution in [0.2, 0.25) is 0 Å². The molecule has 0 saturated heterocycles. The topological polar surface area (TPSA) is 66.5 Å². The fourth-order valence-electron chi connectivity index (χ4n) is 1.54. The molecule has 0 unspecified atom stereocenters. The van der Waals surface area contributed by atoms with Gasteiger partial charge in [-0.25, -0.2) is 12.8 Å². The molecule has 1 rings (SSSR count). The third-order valence-electron chi connectivity index (χ3n) is 2.52. The van der Waals surface area contributed by atoms with Gasteiger partial charge in [0.05, 0.1) is 11.9 Å². The first kappa shape index (κ1) is 16.4. The molecule has 5 nitrogen and oxygen atoms in total. The van der Waals surface area contributed by atoms with Crippen molar-refractivity contribution in [1.82, 2.24) is 5.32 Å². The summed E-state index contributed by atoms with van der Waals surface area (Å²) < 4.78 is 37.9. The number of hydrogen-bond donors (Lipinski definition) is 1. The van der Waals surface area contributed by atoms with Gasteiger partial charge in [-0.15, -0.1) is 0 Å². The van der Waals surface area contributed by atoms with E-state index < -0.39 is 28.3 Å². The van der Waals surface area contributed by atoms with Crippen molar-refractivity contribution in [3.63, 3.8) is 0 Å². The predicted octanol–water partition coefficient (Wildman–Crippen LogP) is 1.36. The van der Waals surface area contributed by atoms with Crippen molar-refractivity contribution in [3.8, 4) is 0 Å². The third kappa shape index (κ3) is 4.80. The van der Waals surface area contributed by atoms with E-state index in [9.17, 15) is 17.6 Å². The Hall–Kier alpha value is -1.63. The van der Waals surface area contributed by atoms with Crippen LogP contribution in [-0.4, -0.2) is 33.7 Å². The van der Waals surface area contributed by atoms with E-state index >= 15 is 0 Å². The van der Waals surface area contributed by atoms with Crippen LogP contribution in [0.1, 0.15) is 13.8 Å². The zero-order valence-electron chi connectivity index (χ0n) is 11.8. The van der Waals surface area contributed by atoms with Gasteiger partial charge in [0.15, 0.2) is 0 Å². The first-order chi connectivity index (χ1) is 9.21. The quantitative estimate of drug-likeness (QED) is 0.863. The van der Waals surface area contributed by atoms with E-state index in [0.717, 1.165) is 16.6 Å². The number of hydrogen-bond acceptors (Lipinski definition) is 3. The number of amides is 1. The van der Waals surface area contributed by atoms with E-state index in [4.69, 9.17) is 0 Å². The number of sulfonamides is 1. The van der Waals surface area contributed by atoms with Crippen molar-refractivity contribution in [1.29, 1.82) is 0 Å². The summed E-state index contributed by atoms with van der Waals surface area (Å²) in [4.78, 5) is 11.7. The maximum absolute atomic E-state index is 13.7. The maximum Gasteiger partial charge on any atom is 0.240 e. The van der Waals surface area contributed by atoms with E-state index in [1.165, 1.54) is 18.2 Å². The summed E-state index contributed by atoms with van der Waals surface area (Å²) in [6, 6.07) is 5.45. The average Bonchev–Trinajstić information content (AvgIpc) is 2.33. The fraction of sp³-hybridized carbons (Fsp3) is 0.462. The second-order valence-electron chi connectivity index (χ2n) is 4.92. The Labute approximate surface area is 118 Å². The van der Waals surface area contributed by atoms with Gasteiger partial charge in [-0.3, -0.25) is 9.10 Å². The molecule has 1 aromatic carbocycles. The van der Waals surface area contributed by atoms with Crippen LogP contribution in [0.3, 0.4) is 0 Å². The number of nitrogens with one attached hydrogen (secondary N) is 1. The lowest BCUT2D eigenvalue weighted by atomic mass is 10.2. The lowest BCUT2D eigenvalue weighted by molar-refractivity contribution is -0.119. The van der Waals surface area contributed by atoms with Gasteiger partial charge >= 0.3 is 0 Å². The summed E-state index contributed by atoms with van der Waals surface area (Å²) in [6.45, 7) is 3.84. The second-order valence-corrected chi connectivity index (χ2v) is 6.83. The minimum absolute atomic E-state index is 0.130. The number of rotatable bonds is 6. The molecule has 7 heteroatoms. The molecule has 0 aliphatic carbocycles. The Balaban J connectivity index is 2.93. The molecule has 112 valence electrons. The zero-order valence-corrected chi connectivity index (χ0v) is 12.6. The number of anilines is 1. The van der Waals surface area contributed by atoms with Crippen LogP contribution >= 0.6 is 0 Å². The van der Waals surface area contributed by atoms with Crippen molar-refractivity contribution >= 4 is 21.6 Å². The lowest BCUT2D eigenvalue weighted by Gasteiger charge is -2.22. The molecule has 0 spiro atoms. The Bertz CT molecular complexity index is 573. The van der Waals surface area contributed by atoms with Crippen molar-refractivity contribution in [3.05, 3.63) is 30.1 Å². The summed E-state index contributed by atoms with van der Waals surface area (Å²) in [5, 5.41) is 2.61. The van der Waals surface area contributed by atoms with Crippen LogP contribution in [-0.2, 0) is 14.8 Å². The Morgan fingerprint density at radius 2 is 1.95 bits per heavy atom. The van der Waals surface area contributed by atoms with Crippen molar-refractivity contribution < 1.29 is 17.6 Å².